The number of halogens is 3. The molecule has 7 heteroatoms. The van der Waals surface area contributed by atoms with Gasteiger partial charge in [0.25, 0.3) is 0 Å². The van der Waals surface area contributed by atoms with Crippen molar-refractivity contribution >= 4 is 11.0 Å². The van der Waals surface area contributed by atoms with Gasteiger partial charge in [-0.25, -0.2) is 9.97 Å². The van der Waals surface area contributed by atoms with Crippen molar-refractivity contribution in [3.63, 3.8) is 0 Å². The SMILES string of the molecule is FC(F)(F)c1cccc(-n2cc(-c3ccccc3)c3c(C4CCNCC4)ncnc32)c1. The van der Waals surface area contributed by atoms with Crippen LogP contribution in [-0.2, 0) is 6.18 Å². The zero-order chi connectivity index (χ0) is 21.4. The molecule has 4 aromatic rings. The summed E-state index contributed by atoms with van der Waals surface area (Å²) in [6.07, 6.45) is 0.938. The van der Waals surface area contributed by atoms with Gasteiger partial charge in [0.2, 0.25) is 0 Å². The molecule has 0 unspecified atom stereocenters. The average Bonchev–Trinajstić information content (AvgIpc) is 3.20. The largest absolute Gasteiger partial charge is 0.416 e. The summed E-state index contributed by atoms with van der Waals surface area (Å²) in [5.41, 5.74) is 3.26. The summed E-state index contributed by atoms with van der Waals surface area (Å²) in [6.45, 7) is 1.84. The van der Waals surface area contributed by atoms with Gasteiger partial charge in [0, 0.05) is 28.8 Å². The fraction of sp³-hybridized carbons (Fsp3) is 0.250. The lowest BCUT2D eigenvalue weighted by Gasteiger charge is -2.23. The van der Waals surface area contributed by atoms with E-state index in [1.165, 1.54) is 18.5 Å². The number of fused-ring (bicyclic) bond motifs is 1. The molecule has 31 heavy (non-hydrogen) atoms. The lowest BCUT2D eigenvalue weighted by Crippen LogP contribution is -2.27. The molecule has 1 saturated heterocycles. The second-order valence-electron chi connectivity index (χ2n) is 7.81. The van der Waals surface area contributed by atoms with E-state index in [0.717, 1.165) is 54.2 Å². The number of nitrogens with zero attached hydrogens (tertiary/aromatic N) is 3. The Morgan fingerprint density at radius 3 is 2.45 bits per heavy atom. The third kappa shape index (κ3) is 3.70. The lowest BCUT2D eigenvalue weighted by atomic mass is 9.91. The van der Waals surface area contributed by atoms with Crippen LogP contribution in [0.1, 0.15) is 30.0 Å². The Kier molecular flexibility index (Phi) is 4.98. The molecule has 0 amide bonds. The first kappa shape index (κ1) is 19.8. The molecule has 0 aliphatic carbocycles. The van der Waals surface area contributed by atoms with E-state index in [1.54, 1.807) is 10.6 Å². The van der Waals surface area contributed by atoms with E-state index in [2.05, 4.69) is 15.3 Å². The number of nitrogens with one attached hydrogen (secondary N) is 1. The molecule has 1 aliphatic heterocycles. The van der Waals surface area contributed by atoms with Crippen LogP contribution in [0.25, 0.3) is 27.8 Å². The maximum atomic E-state index is 13.3. The molecule has 158 valence electrons. The molecule has 1 aliphatic rings. The Morgan fingerprint density at radius 2 is 1.71 bits per heavy atom. The number of hydrogen-bond acceptors (Lipinski definition) is 3. The zero-order valence-electron chi connectivity index (χ0n) is 16.7. The molecule has 1 N–H and O–H groups in total. The maximum absolute atomic E-state index is 13.3. The van der Waals surface area contributed by atoms with E-state index in [0.29, 0.717) is 11.3 Å². The van der Waals surface area contributed by atoms with Crippen LogP contribution in [0.15, 0.2) is 67.1 Å². The predicted octanol–water partition coefficient (Wildman–Crippen LogP) is 5.57. The van der Waals surface area contributed by atoms with Crippen molar-refractivity contribution in [1.29, 1.82) is 0 Å². The molecular weight excluding hydrogens is 401 g/mol. The highest BCUT2D eigenvalue weighted by Crippen LogP contribution is 2.38. The van der Waals surface area contributed by atoms with E-state index in [9.17, 15) is 13.2 Å². The molecule has 4 nitrogen and oxygen atoms in total. The number of alkyl halides is 3. The van der Waals surface area contributed by atoms with E-state index < -0.39 is 11.7 Å². The van der Waals surface area contributed by atoms with Crippen molar-refractivity contribution in [3.8, 4) is 16.8 Å². The van der Waals surface area contributed by atoms with Crippen molar-refractivity contribution in [2.24, 2.45) is 0 Å². The van der Waals surface area contributed by atoms with Crippen LogP contribution in [0.5, 0.6) is 0 Å². The number of rotatable bonds is 3. The van der Waals surface area contributed by atoms with Gasteiger partial charge >= 0.3 is 6.18 Å². The van der Waals surface area contributed by atoms with Crippen LogP contribution < -0.4 is 5.32 Å². The molecule has 2 aromatic heterocycles. The first-order chi connectivity index (χ1) is 15.0. The van der Waals surface area contributed by atoms with Gasteiger partial charge in [0.1, 0.15) is 12.0 Å². The minimum atomic E-state index is -4.41. The summed E-state index contributed by atoms with van der Waals surface area (Å²) >= 11 is 0. The van der Waals surface area contributed by atoms with Crippen LogP contribution in [-0.4, -0.2) is 27.6 Å². The highest BCUT2D eigenvalue weighted by atomic mass is 19.4. The summed E-state index contributed by atoms with van der Waals surface area (Å²) in [7, 11) is 0. The Balaban J connectivity index is 1.76. The number of piperidine rings is 1. The Morgan fingerprint density at radius 1 is 0.935 bits per heavy atom. The molecule has 0 radical (unpaired) electrons. The highest BCUT2D eigenvalue weighted by molar-refractivity contribution is 5.97. The second kappa shape index (κ2) is 7.81. The van der Waals surface area contributed by atoms with Gasteiger partial charge < -0.3 is 9.88 Å². The highest BCUT2D eigenvalue weighted by Gasteiger charge is 2.31. The summed E-state index contributed by atoms with van der Waals surface area (Å²) in [5.74, 6) is 0.284. The molecule has 0 saturated carbocycles. The van der Waals surface area contributed by atoms with Gasteiger partial charge in [-0.1, -0.05) is 36.4 Å². The van der Waals surface area contributed by atoms with Gasteiger partial charge in [-0.2, -0.15) is 13.2 Å². The first-order valence-corrected chi connectivity index (χ1v) is 10.3. The monoisotopic (exact) mass is 422 g/mol. The van der Waals surface area contributed by atoms with E-state index in [4.69, 9.17) is 0 Å². The van der Waals surface area contributed by atoms with Crippen molar-refractivity contribution in [3.05, 3.63) is 78.4 Å². The van der Waals surface area contributed by atoms with Crippen LogP contribution in [0.3, 0.4) is 0 Å². The van der Waals surface area contributed by atoms with Gasteiger partial charge in [-0.15, -0.1) is 0 Å². The van der Waals surface area contributed by atoms with Crippen molar-refractivity contribution < 1.29 is 13.2 Å². The van der Waals surface area contributed by atoms with Crippen molar-refractivity contribution in [1.82, 2.24) is 19.9 Å². The van der Waals surface area contributed by atoms with Gasteiger partial charge in [-0.3, -0.25) is 0 Å². The van der Waals surface area contributed by atoms with Crippen molar-refractivity contribution in [2.75, 3.05) is 13.1 Å². The molecule has 2 aromatic carbocycles. The fourth-order valence-corrected chi connectivity index (χ4v) is 4.36. The van der Waals surface area contributed by atoms with Gasteiger partial charge in [-0.05, 0) is 49.7 Å². The topological polar surface area (TPSA) is 42.7 Å². The standard InChI is InChI=1S/C24H21F3N4/c25-24(26,27)18-7-4-8-19(13-18)31-14-20(16-5-2-1-3-6-16)21-22(29-15-30-23(21)31)17-9-11-28-12-10-17/h1-8,13-15,17,28H,9-12H2. The van der Waals surface area contributed by atoms with E-state index >= 15 is 0 Å². The van der Waals surface area contributed by atoms with Gasteiger partial charge in [0.15, 0.2) is 0 Å². The van der Waals surface area contributed by atoms with Crippen LogP contribution in [0, 0.1) is 0 Å². The van der Waals surface area contributed by atoms with Gasteiger partial charge in [0.05, 0.1) is 11.3 Å². The summed E-state index contributed by atoms with van der Waals surface area (Å²) in [5, 5.41) is 4.29. The van der Waals surface area contributed by atoms with Crippen LogP contribution in [0.4, 0.5) is 13.2 Å². The molecule has 0 atom stereocenters. The molecule has 1 fully saturated rings. The Labute approximate surface area is 177 Å². The van der Waals surface area contributed by atoms with E-state index in [-0.39, 0.29) is 5.92 Å². The summed E-state index contributed by atoms with van der Waals surface area (Å²) in [6, 6.07) is 15.2. The summed E-state index contributed by atoms with van der Waals surface area (Å²) < 4.78 is 41.8. The third-order valence-electron chi connectivity index (χ3n) is 5.87. The Hall–Kier alpha value is -3.19. The second-order valence-corrected chi connectivity index (χ2v) is 7.81. The first-order valence-electron chi connectivity index (χ1n) is 10.3. The molecule has 3 heterocycles. The predicted molar refractivity (Wildman–Crippen MR) is 114 cm³/mol. The molecule has 5 rings (SSSR count). The van der Waals surface area contributed by atoms with E-state index in [1.807, 2.05) is 36.5 Å². The zero-order valence-corrected chi connectivity index (χ0v) is 16.7. The lowest BCUT2D eigenvalue weighted by molar-refractivity contribution is -0.137. The summed E-state index contributed by atoms with van der Waals surface area (Å²) in [4.78, 5) is 9.15. The minimum absolute atomic E-state index is 0.284. The maximum Gasteiger partial charge on any atom is 0.416 e. The molecule has 0 spiro atoms. The quantitative estimate of drug-likeness (QED) is 0.469. The smallest absolute Gasteiger partial charge is 0.317 e. The van der Waals surface area contributed by atoms with Crippen LogP contribution >= 0.6 is 0 Å². The fourth-order valence-electron chi connectivity index (χ4n) is 4.36. The Bertz CT molecular complexity index is 1210. The number of hydrogen-bond donors (Lipinski definition) is 1. The molecular formula is C24H21F3N4. The number of aromatic nitrogens is 3. The third-order valence-corrected chi connectivity index (χ3v) is 5.87. The minimum Gasteiger partial charge on any atom is -0.317 e. The normalized spacial score (nSPS) is 15.5. The van der Waals surface area contributed by atoms with Crippen LogP contribution in [0.2, 0.25) is 0 Å². The number of benzene rings is 2. The average molecular weight is 422 g/mol. The van der Waals surface area contributed by atoms with Crippen molar-refractivity contribution in [2.45, 2.75) is 24.9 Å². The molecule has 0 bridgehead atoms.